The topological polar surface area (TPSA) is 59.6 Å². The molecule has 0 aliphatic carbocycles. The third-order valence-electron chi connectivity index (χ3n) is 3.06. The number of hydrogen-bond donors (Lipinski definition) is 1. The highest BCUT2D eigenvalue weighted by molar-refractivity contribution is 8.13. The number of aliphatic imine (C=N–C) groups is 1. The second-order valence-corrected chi connectivity index (χ2v) is 5.61. The molecule has 2 rings (SSSR count). The molecule has 4 nitrogen and oxygen atoms in total. The molecule has 0 radical (unpaired) electrons. The molecule has 0 fully saturated rings. The summed E-state index contributed by atoms with van der Waals surface area (Å²) in [6.45, 7) is 4.08. The Morgan fingerprint density at radius 2 is 2.09 bits per heavy atom. The second kappa shape index (κ2) is 7.78. The van der Waals surface area contributed by atoms with Crippen molar-refractivity contribution >= 4 is 16.9 Å². The van der Waals surface area contributed by atoms with Crippen molar-refractivity contribution in [1.29, 1.82) is 5.26 Å². The molecule has 1 aromatic rings. The molecule has 1 aliphatic heterocycles. The van der Waals surface area contributed by atoms with E-state index in [0.717, 1.165) is 11.1 Å². The molecule has 6 heteroatoms. The van der Waals surface area contributed by atoms with Gasteiger partial charge in [0, 0.05) is 18.6 Å². The lowest BCUT2D eigenvalue weighted by molar-refractivity contribution is 0.299. The zero-order chi connectivity index (χ0) is 15.9. The maximum atomic E-state index is 12.9. The van der Waals surface area contributed by atoms with E-state index in [4.69, 9.17) is 10.4 Å². The van der Waals surface area contributed by atoms with Crippen LogP contribution in [0.25, 0.3) is 0 Å². The zero-order valence-corrected chi connectivity index (χ0v) is 12.8. The van der Waals surface area contributed by atoms with Gasteiger partial charge in [-0.2, -0.15) is 5.26 Å². The highest BCUT2D eigenvalue weighted by Gasteiger charge is 2.18. The van der Waals surface area contributed by atoms with Gasteiger partial charge < -0.3 is 10.0 Å². The van der Waals surface area contributed by atoms with Crippen LogP contribution in [0.2, 0.25) is 0 Å². The average Bonchev–Trinajstić information content (AvgIpc) is 2.51. The van der Waals surface area contributed by atoms with Gasteiger partial charge in [-0.15, -0.1) is 0 Å². The van der Waals surface area contributed by atoms with Crippen LogP contribution in [-0.4, -0.2) is 28.3 Å². The van der Waals surface area contributed by atoms with Gasteiger partial charge in [0.05, 0.1) is 11.8 Å². The number of aliphatic hydroxyl groups excluding tert-OH is 1. The lowest BCUT2D eigenvalue weighted by Gasteiger charge is -2.25. The van der Waals surface area contributed by atoms with E-state index >= 15 is 0 Å². The van der Waals surface area contributed by atoms with Crippen molar-refractivity contribution in [2.75, 3.05) is 13.2 Å². The van der Waals surface area contributed by atoms with E-state index in [1.54, 1.807) is 17.0 Å². The Balaban J connectivity index is 2.08. The molecule has 0 atom stereocenters. The molecule has 1 heterocycles. The van der Waals surface area contributed by atoms with Crippen molar-refractivity contribution in [3.8, 4) is 6.07 Å². The van der Waals surface area contributed by atoms with Crippen LogP contribution >= 0.6 is 11.8 Å². The van der Waals surface area contributed by atoms with Gasteiger partial charge >= 0.3 is 0 Å². The number of halogens is 1. The Hall–Kier alpha value is -2.10. The smallest absolute Gasteiger partial charge is 0.169 e. The lowest BCUT2D eigenvalue weighted by Crippen LogP contribution is -2.27. The summed E-state index contributed by atoms with van der Waals surface area (Å²) in [5, 5.41) is 18.7. The molecule has 0 unspecified atom stereocenters. The van der Waals surface area contributed by atoms with Gasteiger partial charge in [0.1, 0.15) is 12.4 Å². The summed E-state index contributed by atoms with van der Waals surface area (Å²) in [6, 6.07) is 8.39. The van der Waals surface area contributed by atoms with E-state index in [2.05, 4.69) is 17.6 Å². The van der Waals surface area contributed by atoms with Gasteiger partial charge in [-0.05, 0) is 29.7 Å². The SMILES string of the molecule is C=C1N=C(SCc2ccc(F)cc2)N(CC#N)C=C1CCO. The predicted octanol–water partition coefficient (Wildman–Crippen LogP) is 3.03. The summed E-state index contributed by atoms with van der Waals surface area (Å²) >= 11 is 1.46. The molecule has 0 amide bonds. The third kappa shape index (κ3) is 4.20. The quantitative estimate of drug-likeness (QED) is 0.848. The van der Waals surface area contributed by atoms with Crippen LogP contribution in [0.1, 0.15) is 12.0 Å². The molecule has 0 bridgehead atoms. The number of benzene rings is 1. The van der Waals surface area contributed by atoms with Gasteiger partial charge in [-0.1, -0.05) is 30.5 Å². The molecule has 0 aromatic heterocycles. The van der Waals surface area contributed by atoms with E-state index < -0.39 is 0 Å². The Bertz CT molecular complexity index is 646. The highest BCUT2D eigenvalue weighted by atomic mass is 32.2. The van der Waals surface area contributed by atoms with Gasteiger partial charge in [-0.25, -0.2) is 9.38 Å². The molecule has 114 valence electrons. The largest absolute Gasteiger partial charge is 0.396 e. The fraction of sp³-hybridized carbons (Fsp3) is 0.250. The molecule has 0 saturated heterocycles. The first kappa shape index (κ1) is 16.3. The van der Waals surface area contributed by atoms with Crippen molar-refractivity contribution in [3.63, 3.8) is 0 Å². The van der Waals surface area contributed by atoms with Crippen LogP contribution in [-0.2, 0) is 5.75 Å². The second-order valence-electron chi connectivity index (χ2n) is 4.67. The van der Waals surface area contributed by atoms with Gasteiger partial charge in [0.15, 0.2) is 5.17 Å². The van der Waals surface area contributed by atoms with Crippen molar-refractivity contribution in [3.05, 3.63) is 59.7 Å². The number of thioether (sulfide) groups is 1. The standard InChI is InChI=1S/C16H16FN3OS/c1-12-14(6-9-21)10-20(8-7-18)16(19-12)22-11-13-2-4-15(17)5-3-13/h2-5,10,21H,1,6,8-9,11H2. The maximum absolute atomic E-state index is 12.9. The van der Waals surface area contributed by atoms with Crippen LogP contribution in [0.15, 0.2) is 53.3 Å². The van der Waals surface area contributed by atoms with Crippen molar-refractivity contribution in [2.45, 2.75) is 12.2 Å². The molecule has 1 N–H and O–H groups in total. The van der Waals surface area contributed by atoms with Crippen LogP contribution in [0.4, 0.5) is 4.39 Å². The molecule has 0 spiro atoms. The van der Waals surface area contributed by atoms with Crippen LogP contribution in [0.5, 0.6) is 0 Å². The van der Waals surface area contributed by atoms with Crippen LogP contribution in [0, 0.1) is 17.1 Å². The summed E-state index contributed by atoms with van der Waals surface area (Å²) < 4.78 is 12.9. The fourth-order valence-electron chi connectivity index (χ4n) is 1.93. The Morgan fingerprint density at radius 1 is 1.36 bits per heavy atom. The summed E-state index contributed by atoms with van der Waals surface area (Å²) in [5.74, 6) is 0.358. The van der Waals surface area contributed by atoms with E-state index in [0.29, 0.717) is 23.0 Å². The Morgan fingerprint density at radius 3 is 2.73 bits per heavy atom. The number of rotatable bonds is 5. The summed E-state index contributed by atoms with van der Waals surface area (Å²) in [4.78, 5) is 6.17. The minimum Gasteiger partial charge on any atom is -0.396 e. The monoisotopic (exact) mass is 317 g/mol. The first-order chi connectivity index (χ1) is 10.6. The molecule has 0 saturated carbocycles. The van der Waals surface area contributed by atoms with E-state index in [-0.39, 0.29) is 19.0 Å². The van der Waals surface area contributed by atoms with E-state index in [1.165, 1.54) is 23.9 Å². The average molecular weight is 317 g/mol. The molecular formula is C16H16FN3OS. The van der Waals surface area contributed by atoms with Crippen LogP contribution in [0.3, 0.4) is 0 Å². The van der Waals surface area contributed by atoms with Crippen molar-refractivity contribution in [1.82, 2.24) is 4.90 Å². The Kier molecular flexibility index (Phi) is 5.75. The first-order valence-corrected chi connectivity index (χ1v) is 7.73. The first-order valence-electron chi connectivity index (χ1n) is 6.74. The van der Waals surface area contributed by atoms with Crippen molar-refractivity contribution in [2.24, 2.45) is 4.99 Å². The predicted molar refractivity (Wildman–Crippen MR) is 86.4 cm³/mol. The van der Waals surface area contributed by atoms with Crippen molar-refractivity contribution < 1.29 is 9.50 Å². The Labute approximate surface area is 133 Å². The lowest BCUT2D eigenvalue weighted by atomic mass is 10.1. The van der Waals surface area contributed by atoms with Gasteiger partial charge in [-0.3, -0.25) is 0 Å². The zero-order valence-electron chi connectivity index (χ0n) is 12.0. The van der Waals surface area contributed by atoms with E-state index in [1.807, 2.05) is 6.20 Å². The normalized spacial score (nSPS) is 14.4. The molecule has 1 aliphatic rings. The minimum atomic E-state index is -0.264. The fourth-order valence-corrected chi connectivity index (χ4v) is 2.88. The number of allylic oxidation sites excluding steroid dienone is 1. The number of aliphatic hydroxyl groups is 1. The van der Waals surface area contributed by atoms with E-state index in [9.17, 15) is 4.39 Å². The van der Waals surface area contributed by atoms with Gasteiger partial charge in [0.2, 0.25) is 0 Å². The number of amidine groups is 1. The van der Waals surface area contributed by atoms with Crippen LogP contribution < -0.4 is 0 Å². The number of hydrogen-bond acceptors (Lipinski definition) is 5. The highest BCUT2D eigenvalue weighted by Crippen LogP contribution is 2.26. The van der Waals surface area contributed by atoms with Gasteiger partial charge in [0.25, 0.3) is 0 Å². The number of nitriles is 1. The summed E-state index contributed by atoms with van der Waals surface area (Å²) in [7, 11) is 0. The summed E-state index contributed by atoms with van der Waals surface area (Å²) in [5.41, 5.74) is 2.40. The molecule has 1 aromatic carbocycles. The number of nitrogens with zero attached hydrogens (tertiary/aromatic N) is 3. The minimum absolute atomic E-state index is 0.0127. The third-order valence-corrected chi connectivity index (χ3v) is 4.12. The molecular weight excluding hydrogens is 301 g/mol. The molecule has 22 heavy (non-hydrogen) atoms. The summed E-state index contributed by atoms with van der Waals surface area (Å²) in [6.07, 6.45) is 2.27. The maximum Gasteiger partial charge on any atom is 0.169 e.